The van der Waals surface area contributed by atoms with Gasteiger partial charge < -0.3 is 10.1 Å². The predicted molar refractivity (Wildman–Crippen MR) is 73.8 cm³/mol. The molecule has 0 saturated carbocycles. The summed E-state index contributed by atoms with van der Waals surface area (Å²) in [6.45, 7) is 7.47. The van der Waals surface area contributed by atoms with Gasteiger partial charge in [-0.25, -0.2) is 0 Å². The molecular formula is C14H25N3O. The molecule has 1 aliphatic heterocycles. The van der Waals surface area contributed by atoms with E-state index >= 15 is 0 Å². The average molecular weight is 251 g/mol. The van der Waals surface area contributed by atoms with Gasteiger partial charge in [-0.2, -0.15) is 5.10 Å². The van der Waals surface area contributed by atoms with Crippen molar-refractivity contribution in [2.75, 3.05) is 11.9 Å². The summed E-state index contributed by atoms with van der Waals surface area (Å²) in [7, 11) is 1.98. The monoisotopic (exact) mass is 251 g/mol. The number of rotatable bonds is 4. The molecule has 0 aliphatic carbocycles. The number of anilines is 1. The van der Waals surface area contributed by atoms with Crippen LogP contribution in [0.1, 0.15) is 39.3 Å². The Kier molecular flexibility index (Phi) is 4.27. The summed E-state index contributed by atoms with van der Waals surface area (Å²) in [6, 6.07) is 0.514. The maximum absolute atomic E-state index is 5.81. The van der Waals surface area contributed by atoms with Crippen LogP contribution in [0.5, 0.6) is 0 Å². The van der Waals surface area contributed by atoms with Gasteiger partial charge >= 0.3 is 0 Å². The molecule has 0 bridgehead atoms. The van der Waals surface area contributed by atoms with E-state index in [4.69, 9.17) is 4.74 Å². The first-order valence-electron chi connectivity index (χ1n) is 7.00. The third-order valence-corrected chi connectivity index (χ3v) is 3.66. The fourth-order valence-electron chi connectivity index (χ4n) is 2.56. The van der Waals surface area contributed by atoms with E-state index in [0.29, 0.717) is 18.1 Å². The SMILES string of the molecule is CCc1nn(C)cc1NC1CCOC(C(C)C)C1. The van der Waals surface area contributed by atoms with E-state index in [0.717, 1.165) is 31.6 Å². The number of aryl methyl sites for hydroxylation is 2. The molecule has 102 valence electrons. The van der Waals surface area contributed by atoms with Crippen LogP contribution < -0.4 is 5.32 Å². The van der Waals surface area contributed by atoms with Crippen molar-refractivity contribution in [3.63, 3.8) is 0 Å². The van der Waals surface area contributed by atoms with E-state index in [2.05, 4.69) is 37.4 Å². The minimum atomic E-state index is 0.387. The predicted octanol–water partition coefficient (Wildman–Crippen LogP) is 2.60. The molecular weight excluding hydrogens is 226 g/mol. The van der Waals surface area contributed by atoms with E-state index in [-0.39, 0.29) is 0 Å². The lowest BCUT2D eigenvalue weighted by Crippen LogP contribution is -2.36. The second-order valence-corrected chi connectivity index (χ2v) is 5.54. The van der Waals surface area contributed by atoms with Gasteiger partial charge in [0, 0.05) is 25.9 Å². The van der Waals surface area contributed by atoms with Crippen LogP contribution in [0.15, 0.2) is 6.20 Å². The maximum Gasteiger partial charge on any atom is 0.0853 e. The molecule has 2 atom stereocenters. The second-order valence-electron chi connectivity index (χ2n) is 5.54. The van der Waals surface area contributed by atoms with Crippen molar-refractivity contribution in [1.82, 2.24) is 9.78 Å². The highest BCUT2D eigenvalue weighted by atomic mass is 16.5. The quantitative estimate of drug-likeness (QED) is 0.894. The summed E-state index contributed by atoms with van der Waals surface area (Å²) in [6.07, 6.45) is 5.62. The molecule has 2 rings (SSSR count). The topological polar surface area (TPSA) is 39.1 Å². The van der Waals surface area contributed by atoms with Gasteiger partial charge in [-0.3, -0.25) is 4.68 Å². The van der Waals surface area contributed by atoms with Crippen LogP contribution >= 0.6 is 0 Å². The van der Waals surface area contributed by atoms with E-state index in [1.165, 1.54) is 5.69 Å². The third kappa shape index (κ3) is 3.05. The Morgan fingerprint density at radius 3 is 3.00 bits per heavy atom. The lowest BCUT2D eigenvalue weighted by molar-refractivity contribution is -0.0160. The highest BCUT2D eigenvalue weighted by Gasteiger charge is 2.25. The van der Waals surface area contributed by atoms with Crippen LogP contribution in [0.4, 0.5) is 5.69 Å². The van der Waals surface area contributed by atoms with Gasteiger partial charge in [-0.15, -0.1) is 0 Å². The van der Waals surface area contributed by atoms with E-state index in [1.807, 2.05) is 11.7 Å². The molecule has 1 aromatic rings. The molecule has 1 fully saturated rings. The van der Waals surface area contributed by atoms with Crippen LogP contribution in [-0.4, -0.2) is 28.5 Å². The van der Waals surface area contributed by atoms with Crippen molar-refractivity contribution in [3.05, 3.63) is 11.9 Å². The standard InChI is InChI=1S/C14H25N3O/c1-5-12-13(9-17(4)16-12)15-11-6-7-18-14(8-11)10(2)3/h9-11,14-15H,5-8H2,1-4H3. The first-order chi connectivity index (χ1) is 8.60. The van der Waals surface area contributed by atoms with Gasteiger partial charge in [0.05, 0.1) is 17.5 Å². The van der Waals surface area contributed by atoms with Gasteiger partial charge in [-0.1, -0.05) is 20.8 Å². The van der Waals surface area contributed by atoms with E-state index in [1.54, 1.807) is 0 Å². The number of hydrogen-bond donors (Lipinski definition) is 1. The van der Waals surface area contributed by atoms with Crippen LogP contribution in [-0.2, 0) is 18.2 Å². The largest absolute Gasteiger partial charge is 0.379 e. The molecule has 1 aliphatic rings. The van der Waals surface area contributed by atoms with E-state index < -0.39 is 0 Å². The van der Waals surface area contributed by atoms with Crippen molar-refractivity contribution < 1.29 is 4.74 Å². The smallest absolute Gasteiger partial charge is 0.0853 e. The summed E-state index contributed by atoms with van der Waals surface area (Å²) < 4.78 is 7.70. The number of ether oxygens (including phenoxy) is 1. The Labute approximate surface area is 110 Å². The molecule has 1 aromatic heterocycles. The summed E-state index contributed by atoms with van der Waals surface area (Å²) in [5, 5.41) is 8.11. The van der Waals surface area contributed by atoms with Gasteiger partial charge in [-0.05, 0) is 25.2 Å². The Hall–Kier alpha value is -1.03. The zero-order chi connectivity index (χ0) is 13.1. The molecule has 0 radical (unpaired) electrons. The summed E-state index contributed by atoms with van der Waals surface area (Å²) in [5.41, 5.74) is 2.35. The molecule has 18 heavy (non-hydrogen) atoms. The number of nitrogens with one attached hydrogen (secondary N) is 1. The summed E-state index contributed by atoms with van der Waals surface area (Å²) in [4.78, 5) is 0. The normalized spacial score (nSPS) is 24.5. The Bertz CT molecular complexity index is 386. The molecule has 4 heteroatoms. The van der Waals surface area contributed by atoms with Gasteiger partial charge in [0.25, 0.3) is 0 Å². The molecule has 0 amide bonds. The highest BCUT2D eigenvalue weighted by Crippen LogP contribution is 2.24. The van der Waals surface area contributed by atoms with Gasteiger partial charge in [0.1, 0.15) is 0 Å². The molecule has 0 aromatic carbocycles. The number of hydrogen-bond acceptors (Lipinski definition) is 3. The van der Waals surface area contributed by atoms with Crippen LogP contribution in [0.2, 0.25) is 0 Å². The lowest BCUT2D eigenvalue weighted by Gasteiger charge is -2.32. The van der Waals surface area contributed by atoms with Crippen molar-refractivity contribution in [2.45, 2.75) is 52.2 Å². The van der Waals surface area contributed by atoms with Crippen molar-refractivity contribution >= 4 is 5.69 Å². The number of nitrogens with zero attached hydrogens (tertiary/aromatic N) is 2. The number of aromatic nitrogens is 2. The first-order valence-corrected chi connectivity index (χ1v) is 7.00. The minimum Gasteiger partial charge on any atom is -0.379 e. The molecule has 1 N–H and O–H groups in total. The van der Waals surface area contributed by atoms with Crippen LogP contribution in [0.3, 0.4) is 0 Å². The molecule has 4 nitrogen and oxygen atoms in total. The van der Waals surface area contributed by atoms with Gasteiger partial charge in [0.15, 0.2) is 0 Å². The van der Waals surface area contributed by atoms with Crippen molar-refractivity contribution in [2.24, 2.45) is 13.0 Å². The van der Waals surface area contributed by atoms with Crippen LogP contribution in [0, 0.1) is 5.92 Å². The minimum absolute atomic E-state index is 0.387. The Morgan fingerprint density at radius 1 is 1.56 bits per heavy atom. The molecule has 1 saturated heterocycles. The summed E-state index contributed by atoms with van der Waals surface area (Å²) >= 11 is 0. The lowest BCUT2D eigenvalue weighted by atomic mass is 9.95. The average Bonchev–Trinajstić information content (AvgIpc) is 2.69. The van der Waals surface area contributed by atoms with Crippen molar-refractivity contribution in [1.29, 1.82) is 0 Å². The molecule has 2 heterocycles. The summed E-state index contributed by atoms with van der Waals surface area (Å²) in [5.74, 6) is 0.592. The fraction of sp³-hybridized carbons (Fsp3) is 0.786. The molecule has 2 unspecified atom stereocenters. The second kappa shape index (κ2) is 5.74. The van der Waals surface area contributed by atoms with Crippen LogP contribution in [0.25, 0.3) is 0 Å². The highest BCUT2D eigenvalue weighted by molar-refractivity contribution is 5.47. The molecule has 0 spiro atoms. The maximum atomic E-state index is 5.81. The van der Waals surface area contributed by atoms with E-state index in [9.17, 15) is 0 Å². The zero-order valence-corrected chi connectivity index (χ0v) is 11.9. The zero-order valence-electron chi connectivity index (χ0n) is 11.9. The van der Waals surface area contributed by atoms with Crippen molar-refractivity contribution in [3.8, 4) is 0 Å². The van der Waals surface area contributed by atoms with Gasteiger partial charge in [0.2, 0.25) is 0 Å². The first kappa shape index (κ1) is 13.4. The fourth-order valence-corrected chi connectivity index (χ4v) is 2.56. The third-order valence-electron chi connectivity index (χ3n) is 3.66. The Morgan fingerprint density at radius 2 is 2.33 bits per heavy atom. The Balaban J connectivity index is 2.00.